The average molecular weight is 270 g/mol. The summed E-state index contributed by atoms with van der Waals surface area (Å²) >= 11 is 0. The molecule has 3 nitrogen and oxygen atoms in total. The predicted octanol–water partition coefficient (Wildman–Crippen LogP) is 3.29. The molecule has 1 heterocycles. The van der Waals surface area contributed by atoms with Crippen LogP contribution in [0.2, 0.25) is 0 Å². The fourth-order valence-electron chi connectivity index (χ4n) is 2.41. The zero-order chi connectivity index (χ0) is 14.4. The Kier molecular flexibility index (Phi) is 5.13. The van der Waals surface area contributed by atoms with Gasteiger partial charge < -0.3 is 10.1 Å². The van der Waals surface area contributed by atoms with Gasteiger partial charge in [-0.1, -0.05) is 25.1 Å². The summed E-state index contributed by atoms with van der Waals surface area (Å²) in [6.07, 6.45) is 2.77. The van der Waals surface area contributed by atoms with Crippen LogP contribution in [-0.4, -0.2) is 18.6 Å². The fourth-order valence-corrected chi connectivity index (χ4v) is 2.41. The Labute approximate surface area is 121 Å². The van der Waals surface area contributed by atoms with Gasteiger partial charge in [-0.2, -0.15) is 0 Å². The highest BCUT2D eigenvalue weighted by atomic mass is 16.5. The molecule has 20 heavy (non-hydrogen) atoms. The first-order valence-electron chi connectivity index (χ1n) is 7.02. The normalized spacial score (nSPS) is 12.2. The Morgan fingerprint density at radius 2 is 2.10 bits per heavy atom. The zero-order valence-electron chi connectivity index (χ0n) is 12.4. The molecule has 2 rings (SSSR count). The molecule has 2 aromatic rings. The van der Waals surface area contributed by atoms with Gasteiger partial charge in [0.2, 0.25) is 0 Å². The monoisotopic (exact) mass is 270 g/mol. The summed E-state index contributed by atoms with van der Waals surface area (Å²) in [5.41, 5.74) is 3.60. The van der Waals surface area contributed by atoms with Crippen LogP contribution in [0.1, 0.15) is 29.8 Å². The van der Waals surface area contributed by atoms with E-state index in [0.29, 0.717) is 0 Å². The fraction of sp³-hybridized carbons (Fsp3) is 0.353. The number of hydrogen-bond acceptors (Lipinski definition) is 3. The molecule has 1 aromatic heterocycles. The smallest absolute Gasteiger partial charge is 0.119 e. The summed E-state index contributed by atoms with van der Waals surface area (Å²) in [6, 6.07) is 12.5. The topological polar surface area (TPSA) is 34.1 Å². The Hall–Kier alpha value is -1.87. The van der Waals surface area contributed by atoms with Crippen LogP contribution < -0.4 is 10.1 Å². The van der Waals surface area contributed by atoms with Crippen molar-refractivity contribution in [3.8, 4) is 5.75 Å². The van der Waals surface area contributed by atoms with Crippen molar-refractivity contribution in [3.63, 3.8) is 0 Å². The van der Waals surface area contributed by atoms with Gasteiger partial charge in [0.1, 0.15) is 5.75 Å². The van der Waals surface area contributed by atoms with Crippen LogP contribution in [0.4, 0.5) is 0 Å². The number of benzene rings is 1. The van der Waals surface area contributed by atoms with E-state index < -0.39 is 0 Å². The van der Waals surface area contributed by atoms with E-state index in [1.165, 1.54) is 11.1 Å². The van der Waals surface area contributed by atoms with Crippen LogP contribution in [0.25, 0.3) is 0 Å². The molecule has 0 bridgehead atoms. The van der Waals surface area contributed by atoms with E-state index in [-0.39, 0.29) is 6.04 Å². The second-order valence-electron chi connectivity index (χ2n) is 4.87. The summed E-state index contributed by atoms with van der Waals surface area (Å²) in [5.74, 6) is 0.899. The maximum atomic E-state index is 5.29. The minimum atomic E-state index is 0.230. The van der Waals surface area contributed by atoms with Crippen LogP contribution in [0, 0.1) is 6.92 Å². The molecule has 106 valence electrons. The number of nitrogens with zero attached hydrogens (tertiary/aromatic N) is 1. The van der Waals surface area contributed by atoms with Crippen molar-refractivity contribution in [1.29, 1.82) is 0 Å². The van der Waals surface area contributed by atoms with Crippen molar-refractivity contribution in [3.05, 3.63) is 59.4 Å². The van der Waals surface area contributed by atoms with E-state index >= 15 is 0 Å². The molecule has 0 fully saturated rings. The molecule has 0 saturated carbocycles. The SMILES string of the molecule is CCNC(Cc1cccc(OC)c1)c1ncccc1C. The largest absolute Gasteiger partial charge is 0.497 e. The lowest BCUT2D eigenvalue weighted by atomic mass is 10.00. The lowest BCUT2D eigenvalue weighted by Crippen LogP contribution is -2.24. The van der Waals surface area contributed by atoms with Crippen LogP contribution in [0.3, 0.4) is 0 Å². The van der Waals surface area contributed by atoms with Crippen LogP contribution in [0.5, 0.6) is 5.75 Å². The van der Waals surface area contributed by atoms with Crippen molar-refractivity contribution in [2.75, 3.05) is 13.7 Å². The molecule has 0 spiro atoms. The molecular formula is C17H22N2O. The van der Waals surface area contributed by atoms with Crippen LogP contribution in [-0.2, 0) is 6.42 Å². The van der Waals surface area contributed by atoms with E-state index in [2.05, 4.69) is 42.3 Å². The van der Waals surface area contributed by atoms with Gasteiger partial charge in [-0.15, -0.1) is 0 Å². The third kappa shape index (κ3) is 3.58. The highest BCUT2D eigenvalue weighted by Crippen LogP contribution is 2.22. The number of pyridine rings is 1. The zero-order valence-corrected chi connectivity index (χ0v) is 12.4. The Morgan fingerprint density at radius 3 is 2.80 bits per heavy atom. The molecule has 0 aliphatic heterocycles. The first-order valence-corrected chi connectivity index (χ1v) is 7.02. The number of nitrogens with one attached hydrogen (secondary N) is 1. The maximum absolute atomic E-state index is 5.29. The van der Waals surface area contributed by atoms with Crippen molar-refractivity contribution >= 4 is 0 Å². The maximum Gasteiger partial charge on any atom is 0.119 e. The van der Waals surface area contributed by atoms with Crippen molar-refractivity contribution in [2.45, 2.75) is 26.3 Å². The van der Waals surface area contributed by atoms with Gasteiger partial charge in [0.15, 0.2) is 0 Å². The summed E-state index contributed by atoms with van der Waals surface area (Å²) < 4.78 is 5.29. The number of methoxy groups -OCH3 is 1. The first kappa shape index (κ1) is 14.5. The molecule has 3 heteroatoms. The van der Waals surface area contributed by atoms with E-state index in [0.717, 1.165) is 24.4 Å². The second kappa shape index (κ2) is 7.06. The molecule has 0 aliphatic rings. The highest BCUT2D eigenvalue weighted by Gasteiger charge is 2.14. The quantitative estimate of drug-likeness (QED) is 0.874. The van der Waals surface area contributed by atoms with Crippen molar-refractivity contribution in [1.82, 2.24) is 10.3 Å². The van der Waals surface area contributed by atoms with Gasteiger partial charge in [-0.25, -0.2) is 0 Å². The minimum Gasteiger partial charge on any atom is -0.497 e. The molecule has 1 aromatic carbocycles. The van der Waals surface area contributed by atoms with Crippen molar-refractivity contribution < 1.29 is 4.74 Å². The summed E-state index contributed by atoms with van der Waals surface area (Å²) in [4.78, 5) is 4.54. The van der Waals surface area contributed by atoms with Gasteiger partial charge in [-0.3, -0.25) is 4.98 Å². The number of rotatable bonds is 6. The third-order valence-corrected chi connectivity index (χ3v) is 3.40. The average Bonchev–Trinajstić information content (AvgIpc) is 2.47. The van der Waals surface area contributed by atoms with Crippen LogP contribution in [0.15, 0.2) is 42.6 Å². The number of hydrogen-bond donors (Lipinski definition) is 1. The predicted molar refractivity (Wildman–Crippen MR) is 82.1 cm³/mol. The van der Waals surface area contributed by atoms with Crippen LogP contribution >= 0.6 is 0 Å². The number of aromatic nitrogens is 1. The standard InChI is InChI=1S/C17H22N2O/c1-4-18-16(17-13(2)7-6-10-19-17)12-14-8-5-9-15(11-14)20-3/h5-11,16,18H,4,12H2,1-3H3. The van der Waals surface area contributed by atoms with Gasteiger partial charge in [-0.05, 0) is 49.2 Å². The molecule has 0 aliphatic carbocycles. The highest BCUT2D eigenvalue weighted by molar-refractivity contribution is 5.31. The van der Waals surface area contributed by atoms with Gasteiger partial charge >= 0.3 is 0 Å². The summed E-state index contributed by atoms with van der Waals surface area (Å²) in [5, 5.41) is 3.52. The van der Waals surface area contributed by atoms with Gasteiger partial charge in [0, 0.05) is 6.20 Å². The Morgan fingerprint density at radius 1 is 1.25 bits per heavy atom. The van der Waals surface area contributed by atoms with E-state index in [9.17, 15) is 0 Å². The Balaban J connectivity index is 2.23. The van der Waals surface area contributed by atoms with Gasteiger partial charge in [0.05, 0.1) is 18.8 Å². The van der Waals surface area contributed by atoms with E-state index in [4.69, 9.17) is 4.74 Å². The molecular weight excluding hydrogens is 248 g/mol. The molecule has 1 unspecified atom stereocenters. The number of likely N-dealkylation sites (N-methyl/N-ethyl adjacent to an activating group) is 1. The van der Waals surface area contributed by atoms with Gasteiger partial charge in [0.25, 0.3) is 0 Å². The van der Waals surface area contributed by atoms with E-state index in [1.54, 1.807) is 7.11 Å². The van der Waals surface area contributed by atoms with Crippen molar-refractivity contribution in [2.24, 2.45) is 0 Å². The summed E-state index contributed by atoms with van der Waals surface area (Å²) in [6.45, 7) is 5.15. The molecule has 0 saturated heterocycles. The lowest BCUT2D eigenvalue weighted by Gasteiger charge is -2.19. The molecule has 1 N–H and O–H groups in total. The molecule has 1 atom stereocenters. The Bertz CT molecular complexity index is 554. The lowest BCUT2D eigenvalue weighted by molar-refractivity contribution is 0.413. The first-order chi connectivity index (χ1) is 9.74. The van der Waals surface area contributed by atoms with E-state index in [1.807, 2.05) is 24.4 Å². The molecule has 0 amide bonds. The number of aryl methyl sites for hydroxylation is 1. The number of ether oxygens (including phenoxy) is 1. The summed E-state index contributed by atoms with van der Waals surface area (Å²) in [7, 11) is 1.70. The molecule has 0 radical (unpaired) electrons. The minimum absolute atomic E-state index is 0.230. The third-order valence-electron chi connectivity index (χ3n) is 3.40. The second-order valence-corrected chi connectivity index (χ2v) is 4.87.